The van der Waals surface area contributed by atoms with Crippen LogP contribution in [-0.4, -0.2) is 9.13 Å². The van der Waals surface area contributed by atoms with Crippen molar-refractivity contribution in [3.05, 3.63) is 236 Å². The summed E-state index contributed by atoms with van der Waals surface area (Å²) in [5.41, 5.74) is 18.1. The van der Waals surface area contributed by atoms with Crippen molar-refractivity contribution in [1.29, 1.82) is 0 Å². The van der Waals surface area contributed by atoms with Gasteiger partial charge in [0.25, 0.3) is 0 Å². The zero-order chi connectivity index (χ0) is 43.3. The van der Waals surface area contributed by atoms with Crippen LogP contribution in [-0.2, 0) is 0 Å². The Hall–Kier alpha value is -8.08. The van der Waals surface area contributed by atoms with Crippen molar-refractivity contribution < 1.29 is 0 Å². The summed E-state index contributed by atoms with van der Waals surface area (Å²) in [5.74, 6) is 0.445. The van der Waals surface area contributed by atoms with E-state index in [9.17, 15) is 0 Å². The van der Waals surface area contributed by atoms with Crippen molar-refractivity contribution in [2.45, 2.75) is 32.1 Å². The van der Waals surface area contributed by atoms with Crippen LogP contribution in [0.1, 0.15) is 43.4 Å². The number of para-hydroxylation sites is 4. The van der Waals surface area contributed by atoms with E-state index >= 15 is 0 Å². The Kier molecular flexibility index (Phi) is 9.64. The largest absolute Gasteiger partial charge is 0.313 e. The van der Waals surface area contributed by atoms with Crippen molar-refractivity contribution in [1.82, 2.24) is 9.13 Å². The molecule has 0 N–H and O–H groups in total. The lowest BCUT2D eigenvalue weighted by Crippen LogP contribution is -2.10. The summed E-state index contributed by atoms with van der Waals surface area (Å²) < 4.78 is 4.88. The summed E-state index contributed by atoms with van der Waals surface area (Å²) >= 11 is 0. The average Bonchev–Trinajstić information content (AvgIpc) is 3.89. The number of hydrogen-bond donors (Lipinski definition) is 0. The van der Waals surface area contributed by atoms with Gasteiger partial charge in [-0.25, -0.2) is 0 Å². The third-order valence-corrected chi connectivity index (χ3v) is 13.4. The van der Waals surface area contributed by atoms with Gasteiger partial charge in [0.15, 0.2) is 0 Å². The van der Waals surface area contributed by atoms with E-state index in [0.29, 0.717) is 5.92 Å². The molecule has 65 heavy (non-hydrogen) atoms. The molecule has 0 spiro atoms. The predicted molar refractivity (Wildman–Crippen MR) is 276 cm³/mol. The molecule has 12 rings (SSSR count). The van der Waals surface area contributed by atoms with E-state index in [1.54, 1.807) is 0 Å². The van der Waals surface area contributed by atoms with E-state index in [0.717, 1.165) is 59.1 Å². The quantitative estimate of drug-likeness (QED) is 0.144. The van der Waals surface area contributed by atoms with Gasteiger partial charge in [0.2, 0.25) is 0 Å². The molecule has 2 aliphatic carbocycles. The molecular formula is C61H48N4. The molecule has 1 unspecified atom stereocenters. The van der Waals surface area contributed by atoms with Crippen LogP contribution in [0, 0.1) is 0 Å². The molecule has 0 saturated carbocycles. The van der Waals surface area contributed by atoms with Crippen LogP contribution in [0.5, 0.6) is 0 Å². The molecule has 0 amide bonds. The van der Waals surface area contributed by atoms with Gasteiger partial charge in [-0.3, -0.25) is 0 Å². The molecule has 0 bridgehead atoms. The first-order valence-corrected chi connectivity index (χ1v) is 22.9. The van der Waals surface area contributed by atoms with Crippen LogP contribution in [0.4, 0.5) is 34.1 Å². The van der Waals surface area contributed by atoms with Gasteiger partial charge in [-0.1, -0.05) is 122 Å². The second kappa shape index (κ2) is 16.2. The first-order chi connectivity index (χ1) is 32.2. The Balaban J connectivity index is 0.899. The maximum absolute atomic E-state index is 2.51. The van der Waals surface area contributed by atoms with Crippen LogP contribution < -0.4 is 9.80 Å². The summed E-state index contributed by atoms with van der Waals surface area (Å²) in [5, 5.41) is 3.80. The van der Waals surface area contributed by atoms with Crippen molar-refractivity contribution in [2.75, 3.05) is 9.80 Å². The van der Waals surface area contributed by atoms with Gasteiger partial charge >= 0.3 is 0 Å². The molecule has 0 saturated heterocycles. The molecule has 10 aromatic rings. The first-order valence-electron chi connectivity index (χ1n) is 22.9. The van der Waals surface area contributed by atoms with Crippen molar-refractivity contribution in [3.8, 4) is 16.8 Å². The molecule has 1 atom stereocenters. The van der Waals surface area contributed by atoms with Gasteiger partial charge < -0.3 is 18.9 Å². The molecular weight excluding hydrogens is 789 g/mol. The van der Waals surface area contributed by atoms with Crippen LogP contribution >= 0.6 is 0 Å². The molecule has 2 aromatic heterocycles. The van der Waals surface area contributed by atoms with E-state index in [1.807, 2.05) is 0 Å². The van der Waals surface area contributed by atoms with E-state index in [4.69, 9.17) is 0 Å². The molecule has 4 nitrogen and oxygen atoms in total. The smallest absolute Gasteiger partial charge is 0.0542 e. The Morgan fingerprint density at radius 1 is 0.446 bits per heavy atom. The molecule has 2 heterocycles. The second-order valence-electron chi connectivity index (χ2n) is 17.3. The summed E-state index contributed by atoms with van der Waals surface area (Å²) in [4.78, 5) is 4.76. The van der Waals surface area contributed by atoms with Crippen molar-refractivity contribution in [3.63, 3.8) is 0 Å². The minimum Gasteiger partial charge on any atom is -0.313 e. The average molecular weight is 837 g/mol. The summed E-state index contributed by atoms with van der Waals surface area (Å²) in [7, 11) is 0. The fraction of sp³-hybridized carbons (Fsp3) is 0.0820. The van der Waals surface area contributed by atoms with Gasteiger partial charge in [-0.2, -0.15) is 0 Å². The lowest BCUT2D eigenvalue weighted by atomic mass is 9.90. The number of allylic oxidation sites excluding steroid dienone is 5. The Bertz CT molecular complexity index is 3440. The molecule has 0 radical (unpaired) electrons. The number of hydrogen-bond acceptors (Lipinski definition) is 2. The lowest BCUT2D eigenvalue weighted by molar-refractivity contribution is 0.771. The first kappa shape index (κ1) is 38.6. The third-order valence-electron chi connectivity index (χ3n) is 13.4. The molecule has 0 fully saturated rings. The van der Waals surface area contributed by atoms with Crippen LogP contribution in [0.15, 0.2) is 224 Å². The summed E-state index contributed by atoms with van der Waals surface area (Å²) in [6.45, 7) is 2.37. The van der Waals surface area contributed by atoms with E-state index in [1.165, 1.54) is 60.8 Å². The Labute approximate surface area is 380 Å². The second-order valence-corrected chi connectivity index (χ2v) is 17.3. The number of anilines is 6. The fourth-order valence-corrected chi connectivity index (χ4v) is 10.3. The highest BCUT2D eigenvalue weighted by molar-refractivity contribution is 6.10. The molecule has 2 aliphatic rings. The maximum Gasteiger partial charge on any atom is 0.0542 e. The Morgan fingerprint density at radius 3 is 1.55 bits per heavy atom. The minimum atomic E-state index is 0.445. The SMILES string of the molecule is CC1CC=Cc2c1c1cc(N(c3ccccc3)c3ccc(-c4ccc(N(c5ccccc5)c5ccc6c(c5)c5ccccc5n6-c5ccccc5)cc4)cc3)ccc1n2C1=CC=CCC1. The molecule has 0 aliphatic heterocycles. The fourth-order valence-electron chi connectivity index (χ4n) is 10.3. The topological polar surface area (TPSA) is 16.3 Å². The number of fused-ring (bicyclic) bond motifs is 6. The van der Waals surface area contributed by atoms with Crippen molar-refractivity contribution in [2.24, 2.45) is 0 Å². The lowest BCUT2D eigenvalue weighted by Gasteiger charge is -2.26. The highest BCUT2D eigenvalue weighted by Crippen LogP contribution is 2.45. The van der Waals surface area contributed by atoms with Gasteiger partial charge in [0.1, 0.15) is 0 Å². The van der Waals surface area contributed by atoms with Gasteiger partial charge in [0, 0.05) is 67.4 Å². The number of nitrogens with zero attached hydrogens (tertiary/aromatic N) is 4. The predicted octanol–water partition coefficient (Wildman–Crippen LogP) is 17.1. The number of benzene rings is 8. The molecule has 4 heteroatoms. The van der Waals surface area contributed by atoms with Gasteiger partial charge in [-0.05, 0) is 157 Å². The third kappa shape index (κ3) is 6.77. The van der Waals surface area contributed by atoms with Crippen molar-refractivity contribution >= 4 is 78.6 Å². The normalized spacial score (nSPS) is 14.5. The number of rotatable bonds is 9. The maximum atomic E-state index is 2.51. The zero-order valence-electron chi connectivity index (χ0n) is 36.4. The standard InChI is InChI=1S/C61H48N4/c1-43-17-16-28-60-61(43)56-42-53(38-40-59(56)65(60)49-24-12-5-13-25-49)63(47-20-8-3-9-21-47)51-35-31-45(32-36-51)44-29-33-50(34-30-44)62(46-18-6-2-7-19-46)52-37-39-58-55(41-52)54-26-14-15-27-57(54)64(58)48-22-10-4-11-23-48/h2-12,14-16,18-24,26-43H,13,17,25H2,1H3. The minimum absolute atomic E-state index is 0.445. The van der Waals surface area contributed by atoms with E-state index in [2.05, 4.69) is 256 Å². The zero-order valence-corrected chi connectivity index (χ0v) is 36.4. The van der Waals surface area contributed by atoms with Gasteiger partial charge in [-0.15, -0.1) is 0 Å². The van der Waals surface area contributed by atoms with E-state index < -0.39 is 0 Å². The Morgan fingerprint density at radius 2 is 0.954 bits per heavy atom. The van der Waals surface area contributed by atoms with Crippen LogP contribution in [0.3, 0.4) is 0 Å². The highest BCUT2D eigenvalue weighted by atomic mass is 15.1. The monoisotopic (exact) mass is 836 g/mol. The highest BCUT2D eigenvalue weighted by Gasteiger charge is 2.26. The molecule has 312 valence electrons. The molecule has 8 aromatic carbocycles. The van der Waals surface area contributed by atoms with Crippen LogP contribution in [0.2, 0.25) is 0 Å². The van der Waals surface area contributed by atoms with Gasteiger partial charge in [0.05, 0.1) is 16.6 Å². The summed E-state index contributed by atoms with van der Waals surface area (Å²) in [6.07, 6.45) is 14.6. The van der Waals surface area contributed by atoms with E-state index in [-0.39, 0.29) is 0 Å². The number of aromatic nitrogens is 2. The summed E-state index contributed by atoms with van der Waals surface area (Å²) in [6, 6.07) is 72.9. The van der Waals surface area contributed by atoms with Crippen LogP contribution in [0.25, 0.3) is 61.3 Å².